The van der Waals surface area contributed by atoms with Gasteiger partial charge in [0.05, 0.1) is 10.9 Å². The van der Waals surface area contributed by atoms with Gasteiger partial charge in [-0.25, -0.2) is 4.98 Å². The molecule has 2 saturated carbocycles. The lowest BCUT2D eigenvalue weighted by atomic mass is 9.86. The Bertz CT molecular complexity index is 845. The van der Waals surface area contributed by atoms with E-state index in [-0.39, 0.29) is 11.5 Å². The SMILES string of the molecule is O=C(CCCc1nc2ccccc2c(=O)[nH]1)NCCC1CC2CCC1C2. The van der Waals surface area contributed by atoms with E-state index in [1.54, 1.807) is 6.07 Å². The quantitative estimate of drug-likeness (QED) is 0.803. The van der Waals surface area contributed by atoms with Crippen molar-refractivity contribution in [2.45, 2.75) is 51.4 Å². The molecule has 1 amide bonds. The highest BCUT2D eigenvalue weighted by Gasteiger charge is 2.38. The standard InChI is InChI=1S/C21H27N3O2/c25-20(22-11-10-16-13-14-8-9-15(16)12-14)7-3-6-19-23-18-5-2-1-4-17(18)21(26)24-19/h1-2,4-5,14-16H,3,6-13H2,(H,22,25)(H,23,24,26). The molecule has 4 rings (SSSR count). The summed E-state index contributed by atoms with van der Waals surface area (Å²) >= 11 is 0. The smallest absolute Gasteiger partial charge is 0.258 e. The fourth-order valence-electron chi connectivity index (χ4n) is 4.89. The Labute approximate surface area is 153 Å². The second kappa shape index (κ2) is 7.60. The Morgan fingerprint density at radius 1 is 1.23 bits per heavy atom. The molecule has 26 heavy (non-hydrogen) atoms. The molecular weight excluding hydrogens is 326 g/mol. The van der Waals surface area contributed by atoms with Gasteiger partial charge in [0, 0.05) is 19.4 Å². The van der Waals surface area contributed by atoms with Gasteiger partial charge in [-0.3, -0.25) is 9.59 Å². The largest absolute Gasteiger partial charge is 0.356 e. The lowest BCUT2D eigenvalue weighted by Gasteiger charge is -2.21. The average molecular weight is 353 g/mol. The van der Waals surface area contributed by atoms with Crippen LogP contribution in [0.25, 0.3) is 10.9 Å². The molecule has 0 radical (unpaired) electrons. The van der Waals surface area contributed by atoms with Gasteiger partial charge in [0.15, 0.2) is 0 Å². The maximum absolute atomic E-state index is 12.0. The van der Waals surface area contributed by atoms with Crippen LogP contribution in [0.4, 0.5) is 0 Å². The Kier molecular flexibility index (Phi) is 5.05. The first-order valence-corrected chi connectivity index (χ1v) is 9.93. The molecule has 138 valence electrons. The van der Waals surface area contributed by atoms with Gasteiger partial charge < -0.3 is 10.3 Å². The number of carbonyl (C=O) groups excluding carboxylic acids is 1. The van der Waals surface area contributed by atoms with Crippen molar-refractivity contribution >= 4 is 16.8 Å². The number of aromatic amines is 1. The molecule has 3 unspecified atom stereocenters. The molecule has 2 N–H and O–H groups in total. The minimum absolute atomic E-state index is 0.108. The summed E-state index contributed by atoms with van der Waals surface area (Å²) in [6, 6.07) is 7.33. The highest BCUT2D eigenvalue weighted by atomic mass is 16.1. The van der Waals surface area contributed by atoms with Crippen LogP contribution in [0.2, 0.25) is 0 Å². The predicted octanol–water partition coefficient (Wildman–Crippen LogP) is 3.19. The summed E-state index contributed by atoms with van der Waals surface area (Å²) in [5.74, 6) is 3.49. The van der Waals surface area contributed by atoms with Gasteiger partial charge in [-0.05, 0) is 62.0 Å². The second-order valence-corrected chi connectivity index (χ2v) is 7.96. The highest BCUT2D eigenvalue weighted by molar-refractivity contribution is 5.77. The van der Waals surface area contributed by atoms with Crippen molar-refractivity contribution in [1.29, 1.82) is 0 Å². The number of hydrogen-bond acceptors (Lipinski definition) is 3. The average Bonchev–Trinajstić information content (AvgIpc) is 3.25. The van der Waals surface area contributed by atoms with Gasteiger partial charge in [-0.15, -0.1) is 0 Å². The van der Waals surface area contributed by atoms with Crippen molar-refractivity contribution in [3.05, 3.63) is 40.4 Å². The maximum atomic E-state index is 12.0. The number of rotatable bonds is 7. The first-order chi connectivity index (χ1) is 12.7. The topological polar surface area (TPSA) is 74.8 Å². The summed E-state index contributed by atoms with van der Waals surface area (Å²) < 4.78 is 0. The number of aryl methyl sites for hydroxylation is 1. The van der Waals surface area contributed by atoms with E-state index in [1.807, 2.05) is 18.2 Å². The number of para-hydroxylation sites is 1. The normalized spacial score (nSPS) is 24.2. The van der Waals surface area contributed by atoms with Gasteiger partial charge in [-0.1, -0.05) is 18.6 Å². The first-order valence-electron chi connectivity index (χ1n) is 9.93. The lowest BCUT2D eigenvalue weighted by Crippen LogP contribution is -2.27. The van der Waals surface area contributed by atoms with E-state index >= 15 is 0 Å². The molecule has 1 aromatic heterocycles. The third-order valence-corrected chi connectivity index (χ3v) is 6.20. The molecule has 0 saturated heterocycles. The van der Waals surface area contributed by atoms with Crippen molar-refractivity contribution in [2.24, 2.45) is 17.8 Å². The van der Waals surface area contributed by atoms with Crippen LogP contribution in [0.5, 0.6) is 0 Å². The van der Waals surface area contributed by atoms with Crippen molar-refractivity contribution in [3.63, 3.8) is 0 Å². The monoisotopic (exact) mass is 353 g/mol. The Morgan fingerprint density at radius 3 is 2.92 bits per heavy atom. The molecule has 1 aromatic carbocycles. The van der Waals surface area contributed by atoms with Gasteiger partial charge in [-0.2, -0.15) is 0 Å². The minimum Gasteiger partial charge on any atom is -0.356 e. The summed E-state index contributed by atoms with van der Waals surface area (Å²) in [6.45, 7) is 0.803. The molecule has 5 heteroatoms. The van der Waals surface area contributed by atoms with E-state index in [2.05, 4.69) is 15.3 Å². The predicted molar refractivity (Wildman–Crippen MR) is 102 cm³/mol. The molecule has 5 nitrogen and oxygen atoms in total. The number of hydrogen-bond donors (Lipinski definition) is 2. The Balaban J connectivity index is 1.19. The first kappa shape index (κ1) is 17.3. The summed E-state index contributed by atoms with van der Waals surface area (Å²) in [6.07, 6.45) is 8.55. The second-order valence-electron chi connectivity index (χ2n) is 7.96. The third-order valence-electron chi connectivity index (χ3n) is 6.20. The highest BCUT2D eigenvalue weighted by Crippen LogP contribution is 2.49. The molecule has 2 aliphatic carbocycles. The van der Waals surface area contributed by atoms with E-state index in [1.165, 1.54) is 25.7 Å². The fourth-order valence-corrected chi connectivity index (χ4v) is 4.89. The zero-order chi connectivity index (χ0) is 17.9. The number of H-pyrrole nitrogens is 1. The van der Waals surface area contributed by atoms with E-state index < -0.39 is 0 Å². The summed E-state index contributed by atoms with van der Waals surface area (Å²) in [4.78, 5) is 31.4. The summed E-state index contributed by atoms with van der Waals surface area (Å²) in [7, 11) is 0. The van der Waals surface area contributed by atoms with Crippen LogP contribution in [-0.4, -0.2) is 22.4 Å². The van der Waals surface area contributed by atoms with Gasteiger partial charge in [0.25, 0.3) is 5.56 Å². The van der Waals surface area contributed by atoms with Crippen LogP contribution in [0.15, 0.2) is 29.1 Å². The third kappa shape index (κ3) is 3.81. The molecule has 2 aromatic rings. The number of nitrogens with zero attached hydrogens (tertiary/aromatic N) is 1. The van der Waals surface area contributed by atoms with E-state index in [0.717, 1.165) is 30.7 Å². The van der Waals surface area contributed by atoms with Gasteiger partial charge in [0.1, 0.15) is 5.82 Å². The van der Waals surface area contributed by atoms with Crippen molar-refractivity contribution < 1.29 is 4.79 Å². The number of fused-ring (bicyclic) bond motifs is 3. The molecular formula is C21H27N3O2. The van der Waals surface area contributed by atoms with E-state index in [0.29, 0.717) is 36.0 Å². The number of amides is 1. The summed E-state index contributed by atoms with van der Waals surface area (Å²) in [5, 5.41) is 3.67. The molecule has 0 aliphatic heterocycles. The fraction of sp³-hybridized carbons (Fsp3) is 0.571. The zero-order valence-electron chi connectivity index (χ0n) is 15.2. The minimum atomic E-state index is -0.110. The van der Waals surface area contributed by atoms with Crippen LogP contribution in [0.1, 0.15) is 50.8 Å². The molecule has 0 spiro atoms. The number of nitrogens with one attached hydrogen (secondary N) is 2. The maximum Gasteiger partial charge on any atom is 0.258 e. The van der Waals surface area contributed by atoms with Crippen molar-refractivity contribution in [2.75, 3.05) is 6.54 Å². The number of aromatic nitrogens is 2. The number of benzene rings is 1. The Morgan fingerprint density at radius 2 is 2.12 bits per heavy atom. The molecule has 2 bridgehead atoms. The van der Waals surface area contributed by atoms with Crippen molar-refractivity contribution in [1.82, 2.24) is 15.3 Å². The van der Waals surface area contributed by atoms with Gasteiger partial charge in [0.2, 0.25) is 5.91 Å². The summed E-state index contributed by atoms with van der Waals surface area (Å²) in [5.41, 5.74) is 0.600. The number of carbonyl (C=O) groups is 1. The van der Waals surface area contributed by atoms with Crippen LogP contribution in [-0.2, 0) is 11.2 Å². The van der Waals surface area contributed by atoms with E-state index in [9.17, 15) is 9.59 Å². The van der Waals surface area contributed by atoms with Gasteiger partial charge >= 0.3 is 0 Å². The van der Waals surface area contributed by atoms with Crippen LogP contribution in [0, 0.1) is 17.8 Å². The molecule has 2 fully saturated rings. The zero-order valence-corrected chi connectivity index (χ0v) is 15.2. The van der Waals surface area contributed by atoms with Crippen molar-refractivity contribution in [3.8, 4) is 0 Å². The molecule has 2 aliphatic rings. The van der Waals surface area contributed by atoms with Crippen LogP contribution in [0.3, 0.4) is 0 Å². The van der Waals surface area contributed by atoms with E-state index in [4.69, 9.17) is 0 Å². The molecule has 3 atom stereocenters. The lowest BCUT2D eigenvalue weighted by molar-refractivity contribution is -0.121. The molecule has 1 heterocycles. The van der Waals surface area contributed by atoms with Crippen LogP contribution >= 0.6 is 0 Å². The van der Waals surface area contributed by atoms with Crippen LogP contribution < -0.4 is 10.9 Å². The Hall–Kier alpha value is -2.17.